The number of hydrogen-bond acceptors (Lipinski definition) is 2. The van der Waals surface area contributed by atoms with E-state index in [1.165, 1.54) is 0 Å². The van der Waals surface area contributed by atoms with Crippen molar-refractivity contribution in [2.75, 3.05) is 0 Å². The van der Waals surface area contributed by atoms with Crippen LogP contribution in [0.2, 0.25) is 0 Å². The van der Waals surface area contributed by atoms with Crippen molar-refractivity contribution < 1.29 is 4.79 Å². The SMILES string of the molecule is NC(=O)C1CC1c1cncn1C(c1ccccc1)(c1ccccc1)c1ccccc1. The number of rotatable bonds is 6. The van der Waals surface area contributed by atoms with Crippen LogP contribution < -0.4 is 5.73 Å². The predicted molar refractivity (Wildman–Crippen MR) is 117 cm³/mol. The second kappa shape index (κ2) is 7.30. The van der Waals surface area contributed by atoms with Gasteiger partial charge in [0.2, 0.25) is 5.91 Å². The molecule has 4 heteroatoms. The summed E-state index contributed by atoms with van der Waals surface area (Å²) in [4.78, 5) is 16.4. The smallest absolute Gasteiger partial charge is 0.221 e. The van der Waals surface area contributed by atoms with Crippen molar-refractivity contribution in [3.63, 3.8) is 0 Å². The lowest BCUT2D eigenvalue weighted by atomic mass is 9.76. The van der Waals surface area contributed by atoms with Crippen molar-refractivity contribution in [1.29, 1.82) is 0 Å². The average molecular weight is 393 g/mol. The van der Waals surface area contributed by atoms with Gasteiger partial charge in [-0.05, 0) is 23.1 Å². The standard InChI is InChI=1S/C26H23N3O/c27-25(30)23-16-22(23)24-17-28-18-29(24)26(19-10-4-1-5-11-19,20-12-6-2-7-13-20)21-14-8-3-9-15-21/h1-15,17-18,22-23H,16H2,(H2,27,30). The highest BCUT2D eigenvalue weighted by Crippen LogP contribution is 2.50. The number of amides is 1. The Bertz CT molecular complexity index is 1060. The number of carbonyl (C=O) groups excluding carboxylic acids is 1. The number of hydrogen-bond donors (Lipinski definition) is 1. The summed E-state index contributed by atoms with van der Waals surface area (Å²) in [7, 11) is 0. The van der Waals surface area contributed by atoms with Crippen LogP contribution in [-0.4, -0.2) is 15.5 Å². The molecule has 2 N–H and O–H groups in total. The van der Waals surface area contributed by atoms with Gasteiger partial charge in [0, 0.05) is 23.7 Å². The summed E-state index contributed by atoms with van der Waals surface area (Å²) < 4.78 is 2.24. The van der Waals surface area contributed by atoms with E-state index in [1.54, 1.807) is 0 Å². The molecule has 1 heterocycles. The zero-order valence-corrected chi connectivity index (χ0v) is 16.6. The zero-order valence-electron chi connectivity index (χ0n) is 16.6. The molecule has 2 unspecified atom stereocenters. The summed E-state index contributed by atoms with van der Waals surface area (Å²) in [6, 6.07) is 31.4. The molecule has 0 bridgehead atoms. The molecule has 1 fully saturated rings. The van der Waals surface area contributed by atoms with Gasteiger partial charge < -0.3 is 10.3 Å². The number of nitrogens with two attached hydrogens (primary N) is 1. The van der Waals surface area contributed by atoms with E-state index in [0.29, 0.717) is 0 Å². The molecule has 2 atom stereocenters. The van der Waals surface area contributed by atoms with Crippen molar-refractivity contribution in [2.24, 2.45) is 11.7 Å². The summed E-state index contributed by atoms with van der Waals surface area (Å²) >= 11 is 0. The monoisotopic (exact) mass is 393 g/mol. The second-order valence-corrected chi connectivity index (χ2v) is 7.85. The van der Waals surface area contributed by atoms with Crippen LogP contribution in [-0.2, 0) is 10.3 Å². The Balaban J connectivity index is 1.83. The van der Waals surface area contributed by atoms with E-state index in [1.807, 2.05) is 30.7 Å². The van der Waals surface area contributed by atoms with Gasteiger partial charge in [-0.15, -0.1) is 0 Å². The molecule has 1 aromatic heterocycles. The Labute approximate surface area is 176 Å². The highest BCUT2D eigenvalue weighted by molar-refractivity contribution is 5.81. The van der Waals surface area contributed by atoms with E-state index in [4.69, 9.17) is 5.73 Å². The Morgan fingerprint density at radius 1 is 0.833 bits per heavy atom. The first kappa shape index (κ1) is 18.4. The summed E-state index contributed by atoms with van der Waals surface area (Å²) in [5, 5.41) is 0. The molecular weight excluding hydrogens is 370 g/mol. The normalized spacial score (nSPS) is 18.1. The number of aromatic nitrogens is 2. The van der Waals surface area contributed by atoms with Crippen LogP contribution in [0.1, 0.15) is 34.7 Å². The summed E-state index contributed by atoms with van der Waals surface area (Å²) in [6.07, 6.45) is 4.55. The second-order valence-electron chi connectivity index (χ2n) is 7.85. The lowest BCUT2D eigenvalue weighted by Crippen LogP contribution is -2.38. The van der Waals surface area contributed by atoms with Crippen LogP contribution >= 0.6 is 0 Å². The van der Waals surface area contributed by atoms with Gasteiger partial charge in [0.05, 0.1) is 6.33 Å². The average Bonchev–Trinajstić information content (AvgIpc) is 3.47. The van der Waals surface area contributed by atoms with Crippen molar-refractivity contribution >= 4 is 5.91 Å². The third kappa shape index (κ3) is 2.84. The number of imidazole rings is 1. The number of carbonyl (C=O) groups is 1. The Hall–Kier alpha value is -3.66. The van der Waals surface area contributed by atoms with Gasteiger partial charge >= 0.3 is 0 Å². The number of nitrogens with zero attached hydrogens (tertiary/aromatic N) is 2. The van der Waals surface area contributed by atoms with Gasteiger partial charge in [0.25, 0.3) is 0 Å². The molecule has 0 spiro atoms. The summed E-state index contributed by atoms with van der Waals surface area (Å²) in [6.45, 7) is 0. The highest BCUT2D eigenvalue weighted by Gasteiger charge is 2.48. The molecule has 148 valence electrons. The van der Waals surface area contributed by atoms with Crippen molar-refractivity contribution in [3.8, 4) is 0 Å². The largest absolute Gasteiger partial charge is 0.369 e. The quantitative estimate of drug-likeness (QED) is 0.496. The van der Waals surface area contributed by atoms with Crippen LogP contribution in [0.4, 0.5) is 0 Å². The van der Waals surface area contributed by atoms with Crippen LogP contribution in [0.15, 0.2) is 104 Å². The van der Waals surface area contributed by atoms with Gasteiger partial charge in [0.1, 0.15) is 5.54 Å². The first-order valence-electron chi connectivity index (χ1n) is 10.2. The molecular formula is C26H23N3O. The van der Waals surface area contributed by atoms with Crippen LogP contribution in [0.5, 0.6) is 0 Å². The highest BCUT2D eigenvalue weighted by atomic mass is 16.1. The molecule has 5 rings (SSSR count). The third-order valence-electron chi connectivity index (χ3n) is 6.14. The van der Waals surface area contributed by atoms with Gasteiger partial charge in [-0.3, -0.25) is 4.79 Å². The minimum atomic E-state index is -0.611. The van der Waals surface area contributed by atoms with Crippen LogP contribution in [0, 0.1) is 5.92 Å². The van der Waals surface area contributed by atoms with Gasteiger partial charge in [-0.25, -0.2) is 4.98 Å². The minimum absolute atomic E-state index is 0.0977. The molecule has 0 aliphatic heterocycles. The Morgan fingerprint density at radius 3 is 1.70 bits per heavy atom. The minimum Gasteiger partial charge on any atom is -0.369 e. The fraction of sp³-hybridized carbons (Fsp3) is 0.154. The maximum Gasteiger partial charge on any atom is 0.221 e. The molecule has 4 aromatic rings. The third-order valence-corrected chi connectivity index (χ3v) is 6.14. The molecule has 1 aliphatic carbocycles. The first-order valence-corrected chi connectivity index (χ1v) is 10.2. The van der Waals surface area contributed by atoms with E-state index in [-0.39, 0.29) is 17.7 Å². The predicted octanol–water partition coefficient (Wildman–Crippen LogP) is 4.31. The Kier molecular flexibility index (Phi) is 4.47. The lowest BCUT2D eigenvalue weighted by molar-refractivity contribution is -0.119. The topological polar surface area (TPSA) is 60.9 Å². The zero-order chi connectivity index (χ0) is 20.6. The molecule has 3 aromatic carbocycles. The van der Waals surface area contributed by atoms with Crippen molar-refractivity contribution in [2.45, 2.75) is 17.9 Å². The Morgan fingerprint density at radius 2 is 1.30 bits per heavy atom. The lowest BCUT2D eigenvalue weighted by Gasteiger charge is -2.38. The van der Waals surface area contributed by atoms with Crippen molar-refractivity contribution in [1.82, 2.24) is 9.55 Å². The van der Waals surface area contributed by atoms with E-state index in [0.717, 1.165) is 28.8 Å². The van der Waals surface area contributed by atoms with Crippen LogP contribution in [0.25, 0.3) is 0 Å². The maximum atomic E-state index is 11.8. The molecule has 4 nitrogen and oxygen atoms in total. The fourth-order valence-electron chi connectivity index (χ4n) is 4.65. The fourth-order valence-corrected chi connectivity index (χ4v) is 4.65. The van der Waals surface area contributed by atoms with E-state index in [9.17, 15) is 4.79 Å². The molecule has 0 radical (unpaired) electrons. The molecule has 1 amide bonds. The number of benzene rings is 3. The van der Waals surface area contributed by atoms with E-state index < -0.39 is 5.54 Å². The van der Waals surface area contributed by atoms with Crippen molar-refractivity contribution in [3.05, 3.63) is 126 Å². The molecule has 0 saturated heterocycles. The summed E-state index contributed by atoms with van der Waals surface area (Å²) in [5.74, 6) is -0.265. The van der Waals surface area contributed by atoms with E-state index in [2.05, 4.69) is 82.3 Å². The number of primary amides is 1. The van der Waals surface area contributed by atoms with Gasteiger partial charge in [0.15, 0.2) is 0 Å². The molecule has 30 heavy (non-hydrogen) atoms. The van der Waals surface area contributed by atoms with E-state index >= 15 is 0 Å². The molecule has 1 aliphatic rings. The first-order chi connectivity index (χ1) is 14.7. The van der Waals surface area contributed by atoms with Crippen LogP contribution in [0.3, 0.4) is 0 Å². The van der Waals surface area contributed by atoms with Gasteiger partial charge in [-0.1, -0.05) is 91.0 Å². The van der Waals surface area contributed by atoms with Gasteiger partial charge in [-0.2, -0.15) is 0 Å². The summed E-state index contributed by atoms with van der Waals surface area (Å²) in [5.41, 5.74) is 9.46. The molecule has 1 saturated carbocycles. The maximum absolute atomic E-state index is 11.8.